The Morgan fingerprint density at radius 1 is 1.38 bits per heavy atom. The summed E-state index contributed by atoms with van der Waals surface area (Å²) in [4.78, 5) is 6.43. The highest BCUT2D eigenvalue weighted by atomic mass is 16.3. The Labute approximate surface area is 94.7 Å². The fraction of sp³-hybridized carbons (Fsp3) is 0.250. The number of aromatic nitrogens is 1. The fourth-order valence-electron chi connectivity index (χ4n) is 1.59. The van der Waals surface area contributed by atoms with Crippen molar-refractivity contribution >= 4 is 11.5 Å². The van der Waals surface area contributed by atoms with Crippen molar-refractivity contribution in [1.82, 2.24) is 4.98 Å². The second kappa shape index (κ2) is 4.26. The molecule has 2 rings (SSSR count). The molecule has 0 aromatic carbocycles. The van der Waals surface area contributed by atoms with E-state index in [1.807, 2.05) is 37.1 Å². The van der Waals surface area contributed by atoms with Gasteiger partial charge in [-0.2, -0.15) is 0 Å². The lowest BCUT2D eigenvalue weighted by molar-refractivity contribution is 0.563. The van der Waals surface area contributed by atoms with Gasteiger partial charge in [-0.1, -0.05) is 0 Å². The van der Waals surface area contributed by atoms with Gasteiger partial charge in [-0.05, 0) is 25.1 Å². The zero-order chi connectivity index (χ0) is 11.5. The topological polar surface area (TPSA) is 55.3 Å². The van der Waals surface area contributed by atoms with Crippen LogP contribution in [0.4, 0.5) is 11.5 Å². The molecule has 0 saturated carbocycles. The number of furan rings is 1. The molecule has 0 saturated heterocycles. The van der Waals surface area contributed by atoms with Gasteiger partial charge in [0, 0.05) is 24.8 Å². The van der Waals surface area contributed by atoms with Crippen LogP contribution in [0.3, 0.4) is 0 Å². The minimum absolute atomic E-state index is 0.691. The third-order valence-electron chi connectivity index (χ3n) is 2.41. The lowest BCUT2D eigenvalue weighted by Gasteiger charge is -2.19. The van der Waals surface area contributed by atoms with Crippen molar-refractivity contribution in [2.75, 3.05) is 17.7 Å². The van der Waals surface area contributed by atoms with Gasteiger partial charge in [0.25, 0.3) is 0 Å². The summed E-state index contributed by atoms with van der Waals surface area (Å²) in [5.41, 5.74) is 8.65. The predicted molar refractivity (Wildman–Crippen MR) is 64.2 cm³/mol. The Kier molecular flexibility index (Phi) is 2.81. The summed E-state index contributed by atoms with van der Waals surface area (Å²) in [5, 5.41) is 0. The molecule has 0 atom stereocenters. The number of aryl methyl sites for hydroxylation is 1. The van der Waals surface area contributed by atoms with Crippen molar-refractivity contribution < 1.29 is 4.42 Å². The molecule has 0 aliphatic carbocycles. The number of hydrogen-bond donors (Lipinski definition) is 1. The maximum atomic E-state index is 5.89. The third kappa shape index (κ3) is 2.16. The van der Waals surface area contributed by atoms with Gasteiger partial charge in [0.15, 0.2) is 5.82 Å². The molecule has 0 unspecified atom stereocenters. The number of hydrogen-bond acceptors (Lipinski definition) is 4. The molecule has 2 aromatic rings. The Bertz CT molecular complexity index is 465. The molecular formula is C12H15N3O. The average Bonchev–Trinajstić information content (AvgIpc) is 2.74. The third-order valence-corrected chi connectivity index (χ3v) is 2.41. The van der Waals surface area contributed by atoms with Crippen LogP contribution >= 0.6 is 0 Å². The molecule has 0 amide bonds. The molecule has 0 spiro atoms. The monoisotopic (exact) mass is 217 g/mol. The Morgan fingerprint density at radius 2 is 2.19 bits per heavy atom. The molecule has 2 heterocycles. The second-order valence-corrected chi connectivity index (χ2v) is 3.85. The van der Waals surface area contributed by atoms with E-state index < -0.39 is 0 Å². The van der Waals surface area contributed by atoms with E-state index >= 15 is 0 Å². The molecule has 84 valence electrons. The molecule has 4 nitrogen and oxygen atoms in total. The fourth-order valence-corrected chi connectivity index (χ4v) is 1.59. The standard InChI is InChI=1S/C12H15N3O/c1-9-3-4-11(13)12(14-9)15(2)7-10-5-6-16-8-10/h3-6,8H,7,13H2,1-2H3. The van der Waals surface area contributed by atoms with Gasteiger partial charge in [0.05, 0.1) is 18.2 Å². The lowest BCUT2D eigenvalue weighted by atomic mass is 10.3. The molecule has 4 heteroatoms. The zero-order valence-corrected chi connectivity index (χ0v) is 9.47. The van der Waals surface area contributed by atoms with Crippen LogP contribution in [-0.4, -0.2) is 12.0 Å². The molecule has 0 aliphatic rings. The van der Waals surface area contributed by atoms with Crippen molar-refractivity contribution in [3.63, 3.8) is 0 Å². The highest BCUT2D eigenvalue weighted by molar-refractivity contribution is 5.62. The highest BCUT2D eigenvalue weighted by Gasteiger charge is 2.08. The van der Waals surface area contributed by atoms with Crippen molar-refractivity contribution in [2.24, 2.45) is 0 Å². The number of nitrogen functional groups attached to an aromatic ring is 1. The molecule has 0 aliphatic heterocycles. The van der Waals surface area contributed by atoms with Crippen LogP contribution in [0.2, 0.25) is 0 Å². The van der Waals surface area contributed by atoms with Gasteiger partial charge in [0.2, 0.25) is 0 Å². The Morgan fingerprint density at radius 3 is 2.88 bits per heavy atom. The molecule has 0 radical (unpaired) electrons. The summed E-state index contributed by atoms with van der Waals surface area (Å²) in [6.45, 7) is 2.69. The minimum Gasteiger partial charge on any atom is -0.472 e. The highest BCUT2D eigenvalue weighted by Crippen LogP contribution is 2.21. The normalized spacial score (nSPS) is 10.4. The summed E-state index contributed by atoms with van der Waals surface area (Å²) in [7, 11) is 1.96. The first kappa shape index (κ1) is 10.5. The molecule has 0 fully saturated rings. The van der Waals surface area contributed by atoms with Crippen LogP contribution in [0.5, 0.6) is 0 Å². The SMILES string of the molecule is Cc1ccc(N)c(N(C)Cc2ccoc2)n1. The number of nitrogens with zero attached hydrogens (tertiary/aromatic N) is 2. The quantitative estimate of drug-likeness (QED) is 0.856. The van der Waals surface area contributed by atoms with Gasteiger partial charge in [-0.15, -0.1) is 0 Å². The summed E-state index contributed by atoms with van der Waals surface area (Å²) >= 11 is 0. The first-order chi connectivity index (χ1) is 7.66. The van der Waals surface area contributed by atoms with E-state index in [4.69, 9.17) is 10.2 Å². The summed E-state index contributed by atoms with van der Waals surface area (Å²) < 4.78 is 5.03. The number of pyridine rings is 1. The van der Waals surface area contributed by atoms with Gasteiger partial charge >= 0.3 is 0 Å². The van der Waals surface area contributed by atoms with Crippen LogP contribution in [0.25, 0.3) is 0 Å². The molecule has 0 bridgehead atoms. The second-order valence-electron chi connectivity index (χ2n) is 3.85. The smallest absolute Gasteiger partial charge is 0.152 e. The maximum absolute atomic E-state index is 5.89. The van der Waals surface area contributed by atoms with Crippen LogP contribution in [-0.2, 0) is 6.54 Å². The number of nitrogens with two attached hydrogens (primary N) is 1. The number of anilines is 2. The largest absolute Gasteiger partial charge is 0.472 e. The van der Waals surface area contributed by atoms with E-state index in [1.54, 1.807) is 12.5 Å². The van der Waals surface area contributed by atoms with E-state index in [-0.39, 0.29) is 0 Å². The van der Waals surface area contributed by atoms with E-state index in [9.17, 15) is 0 Å². The Balaban J connectivity index is 2.20. The van der Waals surface area contributed by atoms with Gasteiger partial charge in [-0.3, -0.25) is 0 Å². The van der Waals surface area contributed by atoms with Crippen LogP contribution < -0.4 is 10.6 Å². The Hall–Kier alpha value is -1.97. The van der Waals surface area contributed by atoms with Gasteiger partial charge in [0.1, 0.15) is 0 Å². The summed E-state index contributed by atoms with van der Waals surface area (Å²) in [6, 6.07) is 5.72. The lowest BCUT2D eigenvalue weighted by Crippen LogP contribution is -2.19. The molecule has 2 N–H and O–H groups in total. The summed E-state index contributed by atoms with van der Waals surface area (Å²) in [5.74, 6) is 0.807. The van der Waals surface area contributed by atoms with E-state index in [0.717, 1.165) is 23.6 Å². The van der Waals surface area contributed by atoms with Crippen molar-refractivity contribution in [1.29, 1.82) is 0 Å². The van der Waals surface area contributed by atoms with Crippen LogP contribution in [0.1, 0.15) is 11.3 Å². The van der Waals surface area contributed by atoms with Crippen molar-refractivity contribution in [2.45, 2.75) is 13.5 Å². The molecule has 2 aromatic heterocycles. The van der Waals surface area contributed by atoms with E-state index in [1.165, 1.54) is 0 Å². The number of rotatable bonds is 3. The molecule has 16 heavy (non-hydrogen) atoms. The van der Waals surface area contributed by atoms with Crippen molar-refractivity contribution in [3.05, 3.63) is 42.0 Å². The van der Waals surface area contributed by atoms with Gasteiger partial charge < -0.3 is 15.1 Å². The molecular weight excluding hydrogens is 202 g/mol. The first-order valence-corrected chi connectivity index (χ1v) is 5.12. The minimum atomic E-state index is 0.691. The van der Waals surface area contributed by atoms with E-state index in [0.29, 0.717) is 5.69 Å². The predicted octanol–water partition coefficient (Wildman–Crippen LogP) is 2.20. The summed E-state index contributed by atoms with van der Waals surface area (Å²) in [6.07, 6.45) is 3.39. The van der Waals surface area contributed by atoms with Crippen molar-refractivity contribution in [3.8, 4) is 0 Å². The van der Waals surface area contributed by atoms with Gasteiger partial charge in [-0.25, -0.2) is 4.98 Å². The zero-order valence-electron chi connectivity index (χ0n) is 9.47. The first-order valence-electron chi connectivity index (χ1n) is 5.12. The maximum Gasteiger partial charge on any atom is 0.152 e. The van der Waals surface area contributed by atoms with Crippen LogP contribution in [0.15, 0.2) is 35.1 Å². The average molecular weight is 217 g/mol. The van der Waals surface area contributed by atoms with Crippen LogP contribution in [0, 0.1) is 6.92 Å². The van der Waals surface area contributed by atoms with E-state index in [2.05, 4.69) is 4.98 Å².